The lowest BCUT2D eigenvalue weighted by Crippen LogP contribution is -2.27. The van der Waals surface area contributed by atoms with E-state index < -0.39 is 0 Å². The fraction of sp³-hybridized carbons (Fsp3) is 0.500. The van der Waals surface area contributed by atoms with Crippen LogP contribution in [0.4, 0.5) is 0 Å². The molecule has 0 bridgehead atoms. The first-order chi connectivity index (χ1) is 11.9. The van der Waals surface area contributed by atoms with Crippen LogP contribution in [-0.2, 0) is 22.6 Å². The third-order valence-electron chi connectivity index (χ3n) is 4.81. The van der Waals surface area contributed by atoms with Crippen LogP contribution in [0.3, 0.4) is 0 Å². The SMILES string of the molecule is CCn1cccc1C(=O)c1c(C)cc2n1CCCC2C(=O)OC(C)C. The number of carbonyl (C=O) groups excluding carboxylic acids is 2. The van der Waals surface area contributed by atoms with Crippen molar-refractivity contribution in [2.75, 3.05) is 0 Å². The molecule has 134 valence electrons. The number of hydrogen-bond acceptors (Lipinski definition) is 3. The lowest BCUT2D eigenvalue weighted by molar-refractivity contribution is -0.149. The molecule has 0 amide bonds. The van der Waals surface area contributed by atoms with Gasteiger partial charge in [0.1, 0.15) is 0 Å². The zero-order chi connectivity index (χ0) is 18.1. The molecule has 3 rings (SSSR count). The van der Waals surface area contributed by atoms with Crippen molar-refractivity contribution in [2.45, 2.75) is 65.6 Å². The van der Waals surface area contributed by atoms with Crippen LogP contribution >= 0.6 is 0 Å². The van der Waals surface area contributed by atoms with Crippen LogP contribution in [0, 0.1) is 6.92 Å². The molecule has 0 spiro atoms. The summed E-state index contributed by atoms with van der Waals surface area (Å²) in [5, 5.41) is 0. The molecule has 1 aliphatic rings. The van der Waals surface area contributed by atoms with Crippen LogP contribution in [0.2, 0.25) is 0 Å². The monoisotopic (exact) mass is 342 g/mol. The average Bonchev–Trinajstić information content (AvgIpc) is 3.16. The standard InChI is InChI=1S/C20H26N2O3/c1-5-21-10-7-9-16(21)19(23)18-14(4)12-17-15(8-6-11-22(17)18)20(24)25-13(2)3/h7,9-10,12-13,15H,5-6,8,11H2,1-4H3. The summed E-state index contributed by atoms with van der Waals surface area (Å²) >= 11 is 0. The lowest BCUT2D eigenvalue weighted by Gasteiger charge is -2.25. The third kappa shape index (κ3) is 3.15. The van der Waals surface area contributed by atoms with Crippen molar-refractivity contribution >= 4 is 11.8 Å². The fourth-order valence-electron chi connectivity index (χ4n) is 3.71. The number of fused-ring (bicyclic) bond motifs is 1. The molecule has 2 aromatic heterocycles. The van der Waals surface area contributed by atoms with Crippen molar-refractivity contribution in [3.8, 4) is 0 Å². The van der Waals surface area contributed by atoms with Gasteiger partial charge in [-0.3, -0.25) is 9.59 Å². The Bertz CT molecular complexity index is 798. The predicted molar refractivity (Wildman–Crippen MR) is 95.9 cm³/mol. The summed E-state index contributed by atoms with van der Waals surface area (Å²) in [4.78, 5) is 25.6. The smallest absolute Gasteiger partial charge is 0.315 e. The fourth-order valence-corrected chi connectivity index (χ4v) is 3.71. The maximum absolute atomic E-state index is 13.1. The number of ether oxygens (including phenoxy) is 1. The molecule has 1 unspecified atom stereocenters. The van der Waals surface area contributed by atoms with E-state index in [9.17, 15) is 9.59 Å². The van der Waals surface area contributed by atoms with E-state index in [0.29, 0.717) is 11.4 Å². The van der Waals surface area contributed by atoms with Crippen molar-refractivity contribution in [1.82, 2.24) is 9.13 Å². The van der Waals surface area contributed by atoms with E-state index >= 15 is 0 Å². The van der Waals surface area contributed by atoms with Crippen LogP contribution in [0.25, 0.3) is 0 Å². The molecule has 3 heterocycles. The molecule has 1 aliphatic heterocycles. The number of rotatable bonds is 5. The second kappa shape index (κ2) is 6.90. The van der Waals surface area contributed by atoms with Crippen LogP contribution in [0.5, 0.6) is 0 Å². The van der Waals surface area contributed by atoms with Crippen LogP contribution in [0.1, 0.15) is 67.0 Å². The minimum atomic E-state index is -0.283. The number of hydrogen-bond donors (Lipinski definition) is 0. The van der Waals surface area contributed by atoms with E-state index in [1.54, 1.807) is 0 Å². The number of aryl methyl sites for hydroxylation is 2. The van der Waals surface area contributed by atoms with Gasteiger partial charge in [-0.1, -0.05) is 0 Å². The van der Waals surface area contributed by atoms with Crippen LogP contribution in [-0.4, -0.2) is 27.0 Å². The minimum absolute atomic E-state index is 0.0217. The lowest BCUT2D eigenvalue weighted by atomic mass is 9.96. The van der Waals surface area contributed by atoms with Gasteiger partial charge in [0.2, 0.25) is 5.78 Å². The highest BCUT2D eigenvalue weighted by Gasteiger charge is 2.33. The molecule has 0 saturated heterocycles. The second-order valence-corrected chi connectivity index (χ2v) is 6.94. The highest BCUT2D eigenvalue weighted by atomic mass is 16.5. The Balaban J connectivity index is 2.00. The topological polar surface area (TPSA) is 53.2 Å². The van der Waals surface area contributed by atoms with Gasteiger partial charge >= 0.3 is 5.97 Å². The highest BCUT2D eigenvalue weighted by molar-refractivity contribution is 6.08. The number of ketones is 1. The summed E-state index contributed by atoms with van der Waals surface area (Å²) < 4.78 is 9.41. The largest absolute Gasteiger partial charge is 0.462 e. The summed E-state index contributed by atoms with van der Waals surface area (Å²) in [6, 6.07) is 5.74. The molecule has 0 N–H and O–H groups in total. The zero-order valence-electron chi connectivity index (χ0n) is 15.4. The molecule has 0 saturated carbocycles. The van der Waals surface area contributed by atoms with Crippen molar-refractivity contribution in [1.29, 1.82) is 0 Å². The maximum Gasteiger partial charge on any atom is 0.315 e. The van der Waals surface area contributed by atoms with Crippen LogP contribution < -0.4 is 0 Å². The summed E-state index contributed by atoms with van der Waals surface area (Å²) in [6.07, 6.45) is 3.43. The summed E-state index contributed by atoms with van der Waals surface area (Å²) in [7, 11) is 0. The minimum Gasteiger partial charge on any atom is -0.462 e. The second-order valence-electron chi connectivity index (χ2n) is 6.94. The maximum atomic E-state index is 13.1. The van der Waals surface area contributed by atoms with E-state index in [1.165, 1.54) is 0 Å². The summed E-state index contributed by atoms with van der Waals surface area (Å²) in [6.45, 7) is 9.21. The number of aromatic nitrogens is 2. The van der Waals surface area contributed by atoms with Gasteiger partial charge in [0.05, 0.1) is 23.4 Å². The average molecular weight is 342 g/mol. The summed E-state index contributed by atoms with van der Waals surface area (Å²) in [5.74, 6) is -0.452. The Morgan fingerprint density at radius 3 is 2.80 bits per heavy atom. The van der Waals surface area contributed by atoms with E-state index in [2.05, 4.69) is 0 Å². The molecular weight excluding hydrogens is 316 g/mol. The first-order valence-corrected chi connectivity index (χ1v) is 9.04. The molecule has 0 fully saturated rings. The van der Waals surface area contributed by atoms with E-state index in [4.69, 9.17) is 4.74 Å². The van der Waals surface area contributed by atoms with Gasteiger partial charge in [-0.2, -0.15) is 0 Å². The quantitative estimate of drug-likeness (QED) is 0.615. The van der Waals surface area contributed by atoms with Crippen molar-refractivity contribution in [3.63, 3.8) is 0 Å². The Morgan fingerprint density at radius 1 is 1.36 bits per heavy atom. The van der Waals surface area contributed by atoms with Gasteiger partial charge in [0.15, 0.2) is 0 Å². The number of nitrogens with zero attached hydrogens (tertiary/aromatic N) is 2. The Hall–Kier alpha value is -2.30. The Kier molecular flexibility index (Phi) is 4.84. The van der Waals surface area contributed by atoms with Crippen molar-refractivity contribution in [2.24, 2.45) is 0 Å². The molecule has 25 heavy (non-hydrogen) atoms. The zero-order valence-corrected chi connectivity index (χ0v) is 15.4. The van der Waals surface area contributed by atoms with Gasteiger partial charge in [0.25, 0.3) is 0 Å². The Labute approximate surface area is 148 Å². The normalized spacial score (nSPS) is 16.8. The van der Waals surface area contributed by atoms with E-state index in [1.807, 2.05) is 61.2 Å². The molecule has 0 aromatic carbocycles. The molecule has 2 aromatic rings. The van der Waals surface area contributed by atoms with Gasteiger partial charge in [-0.25, -0.2) is 0 Å². The van der Waals surface area contributed by atoms with Gasteiger partial charge in [-0.15, -0.1) is 0 Å². The first-order valence-electron chi connectivity index (χ1n) is 9.04. The van der Waals surface area contributed by atoms with Crippen LogP contribution in [0.15, 0.2) is 24.4 Å². The van der Waals surface area contributed by atoms with Crippen molar-refractivity contribution in [3.05, 3.63) is 47.0 Å². The molecule has 0 aliphatic carbocycles. The number of esters is 1. The van der Waals surface area contributed by atoms with E-state index in [0.717, 1.165) is 37.2 Å². The predicted octanol–water partition coefficient (Wildman–Crippen LogP) is 3.68. The third-order valence-corrected chi connectivity index (χ3v) is 4.81. The summed E-state index contributed by atoms with van der Waals surface area (Å²) in [5.41, 5.74) is 3.23. The number of carbonyl (C=O) groups is 2. The van der Waals surface area contributed by atoms with Gasteiger partial charge in [0, 0.05) is 25.0 Å². The van der Waals surface area contributed by atoms with Gasteiger partial charge < -0.3 is 13.9 Å². The Morgan fingerprint density at radius 2 is 2.12 bits per heavy atom. The first kappa shape index (κ1) is 17.5. The highest BCUT2D eigenvalue weighted by Crippen LogP contribution is 2.33. The van der Waals surface area contributed by atoms with E-state index in [-0.39, 0.29) is 23.8 Å². The molecular formula is C20H26N2O3. The molecule has 5 heteroatoms. The molecule has 5 nitrogen and oxygen atoms in total. The molecule has 0 radical (unpaired) electrons. The van der Waals surface area contributed by atoms with Gasteiger partial charge in [-0.05, 0) is 64.3 Å². The van der Waals surface area contributed by atoms with Crippen molar-refractivity contribution < 1.29 is 14.3 Å². The molecule has 1 atom stereocenters.